The monoisotopic (exact) mass is 600 g/mol. The number of anilines is 1. The number of ether oxygens (including phenoxy) is 4. The van der Waals surface area contributed by atoms with E-state index in [1.54, 1.807) is 23.6 Å². The molecule has 2 aromatic heterocycles. The van der Waals surface area contributed by atoms with Crippen molar-refractivity contribution in [2.24, 2.45) is 0 Å². The number of aliphatic hydroxyl groups is 4. The van der Waals surface area contributed by atoms with Crippen LogP contribution >= 0.6 is 11.3 Å². The lowest BCUT2D eigenvalue weighted by Gasteiger charge is -2.40. The summed E-state index contributed by atoms with van der Waals surface area (Å²) in [6, 6.07) is 7.60. The molecule has 0 saturated carbocycles. The molecule has 42 heavy (non-hydrogen) atoms. The van der Waals surface area contributed by atoms with E-state index in [9.17, 15) is 30.0 Å². The Morgan fingerprint density at radius 3 is 2.43 bits per heavy atom. The van der Waals surface area contributed by atoms with Crippen molar-refractivity contribution in [1.82, 2.24) is 4.98 Å². The molecule has 5 rings (SSSR count). The second kappa shape index (κ2) is 12.1. The first-order chi connectivity index (χ1) is 20.2. The molecule has 1 saturated heterocycles. The molecule has 5 atom stereocenters. The smallest absolute Gasteiger partial charge is 0.258 e. The van der Waals surface area contributed by atoms with Crippen molar-refractivity contribution in [2.75, 3.05) is 26.6 Å². The van der Waals surface area contributed by atoms with Crippen molar-refractivity contribution in [1.29, 1.82) is 0 Å². The molecule has 222 valence electrons. The van der Waals surface area contributed by atoms with Gasteiger partial charge in [0.1, 0.15) is 46.9 Å². The van der Waals surface area contributed by atoms with Crippen LogP contribution in [0, 0.1) is 0 Å². The van der Waals surface area contributed by atoms with Gasteiger partial charge in [-0.05, 0) is 29.8 Å². The third kappa shape index (κ3) is 5.19. The minimum absolute atomic E-state index is 0.00386. The predicted molar refractivity (Wildman–Crippen MR) is 150 cm³/mol. The SMILES string of the molecule is COc1ccc(-c2cc(=O)c3c(OC)c(C4OC(C(=O)Nc5nccs5)C(O)C(O)C4O)c(CO)cc3o2)cc1OC. The van der Waals surface area contributed by atoms with Gasteiger partial charge in [-0.1, -0.05) is 0 Å². The van der Waals surface area contributed by atoms with Crippen molar-refractivity contribution < 1.29 is 48.6 Å². The van der Waals surface area contributed by atoms with Gasteiger partial charge in [0.25, 0.3) is 5.91 Å². The normalized spacial score (nSPS) is 22.1. The van der Waals surface area contributed by atoms with Crippen molar-refractivity contribution in [3.8, 4) is 28.6 Å². The van der Waals surface area contributed by atoms with E-state index in [0.717, 1.165) is 11.3 Å². The van der Waals surface area contributed by atoms with Gasteiger partial charge in [-0.3, -0.25) is 14.9 Å². The number of amides is 1. The van der Waals surface area contributed by atoms with Crippen LogP contribution in [0.1, 0.15) is 17.2 Å². The largest absolute Gasteiger partial charge is 0.495 e. The van der Waals surface area contributed by atoms with Gasteiger partial charge in [0.2, 0.25) is 0 Å². The number of fused-ring (bicyclic) bond motifs is 1. The summed E-state index contributed by atoms with van der Waals surface area (Å²) in [4.78, 5) is 30.4. The van der Waals surface area contributed by atoms with Gasteiger partial charge in [0.05, 0.1) is 27.9 Å². The Balaban J connectivity index is 1.61. The van der Waals surface area contributed by atoms with Crippen LogP contribution in [0.3, 0.4) is 0 Å². The Labute approximate surface area is 242 Å². The van der Waals surface area contributed by atoms with Crippen LogP contribution in [0.2, 0.25) is 0 Å². The number of nitrogens with one attached hydrogen (secondary N) is 1. The highest BCUT2D eigenvalue weighted by molar-refractivity contribution is 7.13. The van der Waals surface area contributed by atoms with Crippen LogP contribution in [0.25, 0.3) is 22.3 Å². The number of methoxy groups -OCH3 is 3. The summed E-state index contributed by atoms with van der Waals surface area (Å²) in [5.41, 5.74) is 0.175. The molecule has 2 aromatic carbocycles. The first kappa shape index (κ1) is 29.4. The van der Waals surface area contributed by atoms with Gasteiger partial charge in [-0.25, -0.2) is 4.98 Å². The molecule has 5 unspecified atom stereocenters. The lowest BCUT2D eigenvalue weighted by atomic mass is 9.87. The van der Waals surface area contributed by atoms with E-state index >= 15 is 0 Å². The zero-order valence-corrected chi connectivity index (χ0v) is 23.5. The van der Waals surface area contributed by atoms with E-state index in [2.05, 4.69) is 10.3 Å². The summed E-state index contributed by atoms with van der Waals surface area (Å²) in [6.07, 6.45) is -7.07. The average molecular weight is 601 g/mol. The Hall–Kier alpha value is -4.05. The molecule has 0 radical (unpaired) electrons. The number of hydrogen-bond donors (Lipinski definition) is 5. The zero-order chi connectivity index (χ0) is 30.1. The van der Waals surface area contributed by atoms with Crippen LogP contribution in [-0.2, 0) is 16.1 Å². The summed E-state index contributed by atoms with van der Waals surface area (Å²) in [5.74, 6) is 0.168. The number of nitrogens with zero attached hydrogens (tertiary/aromatic N) is 1. The number of benzene rings is 2. The maximum atomic E-state index is 13.5. The minimum atomic E-state index is -1.83. The van der Waals surface area contributed by atoms with Gasteiger partial charge in [0.15, 0.2) is 28.2 Å². The number of rotatable bonds is 8. The average Bonchev–Trinajstić information content (AvgIpc) is 3.51. The molecule has 1 amide bonds. The summed E-state index contributed by atoms with van der Waals surface area (Å²) >= 11 is 1.13. The maximum absolute atomic E-state index is 13.5. The third-order valence-electron chi connectivity index (χ3n) is 6.96. The van der Waals surface area contributed by atoms with E-state index in [4.69, 9.17) is 23.4 Å². The molecular formula is C28H28N2O11S. The number of carbonyl (C=O) groups excluding carboxylic acids is 1. The predicted octanol–water partition coefficient (Wildman–Crippen LogP) is 1.60. The number of aliphatic hydroxyl groups excluding tert-OH is 4. The van der Waals surface area contributed by atoms with Gasteiger partial charge < -0.3 is 43.8 Å². The Morgan fingerprint density at radius 2 is 1.79 bits per heavy atom. The zero-order valence-electron chi connectivity index (χ0n) is 22.6. The molecule has 13 nitrogen and oxygen atoms in total. The molecule has 14 heteroatoms. The van der Waals surface area contributed by atoms with E-state index < -0.39 is 48.5 Å². The number of thiazole rings is 1. The summed E-state index contributed by atoms with van der Waals surface area (Å²) in [5, 5.41) is 46.8. The minimum Gasteiger partial charge on any atom is -0.495 e. The lowest BCUT2D eigenvalue weighted by Crippen LogP contribution is -2.57. The molecule has 0 bridgehead atoms. The van der Waals surface area contributed by atoms with Gasteiger partial charge in [-0.15, -0.1) is 11.3 Å². The van der Waals surface area contributed by atoms with Crippen LogP contribution < -0.4 is 25.0 Å². The van der Waals surface area contributed by atoms with Crippen molar-refractivity contribution in [3.05, 3.63) is 63.3 Å². The Kier molecular flexibility index (Phi) is 8.45. The fourth-order valence-electron chi connectivity index (χ4n) is 4.94. The second-order valence-electron chi connectivity index (χ2n) is 9.33. The number of hydrogen-bond acceptors (Lipinski definition) is 13. The summed E-state index contributed by atoms with van der Waals surface area (Å²) in [6.45, 7) is -0.618. The highest BCUT2D eigenvalue weighted by Crippen LogP contribution is 2.43. The number of aromatic nitrogens is 1. The van der Waals surface area contributed by atoms with Gasteiger partial charge in [0, 0.05) is 28.8 Å². The summed E-state index contributed by atoms with van der Waals surface area (Å²) in [7, 11) is 4.24. The standard InChI is InChI=1S/C28H28N2O11S/c1-37-15-5-4-12(8-17(15)38-2)16-10-14(32)20-18(40-16)9-13(11-31)19(24(20)39-3)25-22(34)21(33)23(35)26(41-25)27(36)30-28-29-6-7-42-28/h4-10,21-23,25-26,31,33-35H,11H2,1-3H3,(H,29,30,36). The fraction of sp³-hybridized carbons (Fsp3) is 0.321. The van der Waals surface area contributed by atoms with Crippen LogP contribution in [-0.4, -0.2) is 77.1 Å². The second-order valence-corrected chi connectivity index (χ2v) is 10.2. The van der Waals surface area contributed by atoms with Crippen LogP contribution in [0.15, 0.2) is 51.1 Å². The maximum Gasteiger partial charge on any atom is 0.258 e. The lowest BCUT2D eigenvalue weighted by molar-refractivity contribution is -0.221. The molecule has 5 N–H and O–H groups in total. The molecular weight excluding hydrogens is 572 g/mol. The molecule has 3 heterocycles. The molecule has 4 aromatic rings. The van der Waals surface area contributed by atoms with E-state index in [1.807, 2.05) is 0 Å². The molecule has 1 fully saturated rings. The third-order valence-corrected chi connectivity index (χ3v) is 7.65. The van der Waals surface area contributed by atoms with E-state index in [1.165, 1.54) is 39.7 Å². The van der Waals surface area contributed by atoms with Gasteiger partial charge in [-0.2, -0.15) is 0 Å². The molecule has 1 aliphatic rings. The molecule has 1 aliphatic heterocycles. The fourth-order valence-corrected chi connectivity index (χ4v) is 5.47. The van der Waals surface area contributed by atoms with Crippen molar-refractivity contribution in [3.63, 3.8) is 0 Å². The van der Waals surface area contributed by atoms with Crippen LogP contribution in [0.4, 0.5) is 5.13 Å². The topological polar surface area (TPSA) is 190 Å². The summed E-state index contributed by atoms with van der Waals surface area (Å²) < 4.78 is 28.1. The van der Waals surface area contributed by atoms with E-state index in [-0.39, 0.29) is 38.7 Å². The molecule has 0 spiro atoms. The quantitative estimate of drug-likeness (QED) is 0.197. The Bertz CT molecular complexity index is 1660. The highest BCUT2D eigenvalue weighted by Gasteiger charge is 2.49. The van der Waals surface area contributed by atoms with E-state index in [0.29, 0.717) is 17.1 Å². The van der Waals surface area contributed by atoms with Crippen LogP contribution in [0.5, 0.6) is 17.2 Å². The van der Waals surface area contributed by atoms with Crippen molar-refractivity contribution >= 4 is 33.3 Å². The van der Waals surface area contributed by atoms with Crippen molar-refractivity contribution in [2.45, 2.75) is 37.1 Å². The first-order valence-electron chi connectivity index (χ1n) is 12.6. The molecule has 0 aliphatic carbocycles. The Morgan fingerprint density at radius 1 is 1.02 bits per heavy atom. The van der Waals surface area contributed by atoms with Gasteiger partial charge >= 0.3 is 0 Å². The number of carbonyl (C=O) groups is 1. The highest BCUT2D eigenvalue weighted by atomic mass is 32.1. The first-order valence-corrected chi connectivity index (χ1v) is 13.5.